The second-order valence-electron chi connectivity index (χ2n) is 16.8. The smallest absolute Gasteiger partial charge is 0.0713 e. The van der Waals surface area contributed by atoms with Crippen molar-refractivity contribution in [1.29, 1.82) is 0 Å². The standard InChI is InChI=1S/C58H41NS/c1-57(2)51-25-12-9-20-45(51)47-34-32-43(37-54(47)57)59(41-30-28-38(29-31-41)44-23-15-24-49-48-22-11-14-27-55(48)60-56(44)49)42-33-35-53-50(36-42)46-21-10-13-26-52(46)58(53,39-16-5-3-6-17-39)40-18-7-4-8-19-40/h3-37H,1-2H3. The van der Waals surface area contributed by atoms with Gasteiger partial charge in [0.1, 0.15) is 0 Å². The Balaban J connectivity index is 1.06. The Morgan fingerprint density at radius 2 is 0.900 bits per heavy atom. The SMILES string of the molecule is CC1(C)c2ccccc2-c2ccc(N(c3ccc(-c4cccc5c4sc4ccccc45)cc3)c3ccc4c(c3)-c3ccccc3C4(c3ccccc3)c3ccccc3)cc21. The van der Waals surface area contributed by atoms with E-state index in [0.717, 1.165) is 17.1 Å². The predicted molar refractivity (Wildman–Crippen MR) is 254 cm³/mol. The molecule has 1 heterocycles. The van der Waals surface area contributed by atoms with Crippen molar-refractivity contribution in [3.63, 3.8) is 0 Å². The third-order valence-electron chi connectivity index (χ3n) is 13.4. The summed E-state index contributed by atoms with van der Waals surface area (Å²) in [5.41, 5.74) is 18.5. The van der Waals surface area contributed by atoms with Gasteiger partial charge in [-0.15, -0.1) is 11.3 Å². The fraction of sp³-hybridized carbons (Fsp3) is 0.0690. The van der Waals surface area contributed by atoms with Gasteiger partial charge < -0.3 is 4.90 Å². The molecule has 1 nitrogen and oxygen atoms in total. The molecule has 0 saturated carbocycles. The molecule has 9 aromatic carbocycles. The molecule has 1 aromatic heterocycles. The molecule has 2 aliphatic rings. The number of nitrogens with zero attached hydrogens (tertiary/aromatic N) is 1. The topological polar surface area (TPSA) is 3.24 Å². The minimum atomic E-state index is -0.448. The van der Waals surface area contributed by atoms with E-state index in [2.05, 4.69) is 231 Å². The highest BCUT2D eigenvalue weighted by Crippen LogP contribution is 2.58. The zero-order chi connectivity index (χ0) is 40.0. The normalized spacial score (nSPS) is 14.1. The van der Waals surface area contributed by atoms with Crippen molar-refractivity contribution < 1.29 is 0 Å². The van der Waals surface area contributed by atoms with E-state index in [9.17, 15) is 0 Å². The molecule has 2 heteroatoms. The highest BCUT2D eigenvalue weighted by Gasteiger charge is 2.46. The van der Waals surface area contributed by atoms with E-state index in [1.165, 1.54) is 86.9 Å². The van der Waals surface area contributed by atoms with Crippen LogP contribution in [0.25, 0.3) is 53.6 Å². The van der Waals surface area contributed by atoms with Crippen LogP contribution < -0.4 is 4.90 Å². The lowest BCUT2D eigenvalue weighted by atomic mass is 9.68. The van der Waals surface area contributed by atoms with Crippen LogP contribution in [-0.2, 0) is 10.8 Å². The van der Waals surface area contributed by atoms with Gasteiger partial charge >= 0.3 is 0 Å². The maximum absolute atomic E-state index is 2.47. The van der Waals surface area contributed by atoms with E-state index in [0.29, 0.717) is 0 Å². The van der Waals surface area contributed by atoms with Gasteiger partial charge in [0, 0.05) is 42.6 Å². The van der Waals surface area contributed by atoms with E-state index in [-0.39, 0.29) is 5.41 Å². The highest BCUT2D eigenvalue weighted by molar-refractivity contribution is 7.26. The van der Waals surface area contributed by atoms with Crippen LogP contribution in [0.1, 0.15) is 47.2 Å². The van der Waals surface area contributed by atoms with Crippen molar-refractivity contribution in [3.8, 4) is 33.4 Å². The average molecular weight is 784 g/mol. The maximum atomic E-state index is 2.47. The van der Waals surface area contributed by atoms with Gasteiger partial charge in [0.2, 0.25) is 0 Å². The molecular formula is C58H41NS. The summed E-state index contributed by atoms with van der Waals surface area (Å²) in [6.45, 7) is 4.74. The molecule has 0 radical (unpaired) electrons. The number of fused-ring (bicyclic) bond motifs is 9. The summed E-state index contributed by atoms with van der Waals surface area (Å²) < 4.78 is 2.66. The molecule has 10 aromatic rings. The summed E-state index contributed by atoms with van der Waals surface area (Å²) in [4.78, 5) is 2.47. The molecule has 0 fully saturated rings. The number of hydrogen-bond donors (Lipinski definition) is 0. The Morgan fingerprint density at radius 3 is 1.65 bits per heavy atom. The van der Waals surface area contributed by atoms with E-state index in [4.69, 9.17) is 0 Å². The lowest BCUT2D eigenvalue weighted by molar-refractivity contribution is 0.660. The third-order valence-corrected chi connectivity index (χ3v) is 14.6. The van der Waals surface area contributed by atoms with Crippen LogP contribution in [0.15, 0.2) is 212 Å². The summed E-state index contributed by atoms with van der Waals surface area (Å²) in [6, 6.07) is 79.1. The van der Waals surface area contributed by atoms with Crippen molar-refractivity contribution in [1.82, 2.24) is 0 Å². The van der Waals surface area contributed by atoms with Crippen LogP contribution in [0, 0.1) is 0 Å². The number of thiophene rings is 1. The van der Waals surface area contributed by atoms with Gasteiger partial charge in [-0.2, -0.15) is 0 Å². The Kier molecular flexibility index (Phi) is 7.73. The maximum Gasteiger partial charge on any atom is 0.0713 e. The van der Waals surface area contributed by atoms with Crippen LogP contribution in [0.4, 0.5) is 17.1 Å². The molecule has 0 atom stereocenters. The summed E-state index contributed by atoms with van der Waals surface area (Å²) in [5.74, 6) is 0. The number of anilines is 3. The number of benzene rings is 9. The minimum absolute atomic E-state index is 0.123. The van der Waals surface area contributed by atoms with Crippen LogP contribution in [0.3, 0.4) is 0 Å². The molecule has 12 rings (SSSR count). The molecule has 0 saturated heterocycles. The van der Waals surface area contributed by atoms with Crippen molar-refractivity contribution in [3.05, 3.63) is 246 Å². The first-order chi connectivity index (χ1) is 29.5. The van der Waals surface area contributed by atoms with Crippen molar-refractivity contribution >= 4 is 48.6 Å². The van der Waals surface area contributed by atoms with E-state index < -0.39 is 5.41 Å². The minimum Gasteiger partial charge on any atom is -0.310 e. The Bertz CT molecular complexity index is 3240. The quantitative estimate of drug-likeness (QED) is 0.162. The first-order valence-corrected chi connectivity index (χ1v) is 21.7. The average Bonchev–Trinajstić information content (AvgIpc) is 3.91. The van der Waals surface area contributed by atoms with Crippen LogP contribution >= 0.6 is 11.3 Å². The zero-order valence-electron chi connectivity index (χ0n) is 33.6. The van der Waals surface area contributed by atoms with Gasteiger partial charge in [-0.25, -0.2) is 0 Å². The molecule has 2 aliphatic carbocycles. The second kappa shape index (κ2) is 13.3. The molecule has 60 heavy (non-hydrogen) atoms. The van der Waals surface area contributed by atoms with E-state index in [1.54, 1.807) is 0 Å². The molecular weight excluding hydrogens is 743 g/mol. The van der Waals surface area contributed by atoms with Crippen LogP contribution in [-0.4, -0.2) is 0 Å². The van der Waals surface area contributed by atoms with Crippen LogP contribution in [0.2, 0.25) is 0 Å². The number of hydrogen-bond acceptors (Lipinski definition) is 2. The van der Waals surface area contributed by atoms with E-state index in [1.807, 2.05) is 11.3 Å². The lowest BCUT2D eigenvalue weighted by Crippen LogP contribution is -2.28. The third kappa shape index (κ3) is 4.98. The Hall–Kier alpha value is -7.00. The summed E-state index contributed by atoms with van der Waals surface area (Å²) in [5, 5.41) is 2.65. The van der Waals surface area contributed by atoms with Gasteiger partial charge in [0.15, 0.2) is 0 Å². The Morgan fingerprint density at radius 1 is 0.367 bits per heavy atom. The fourth-order valence-electron chi connectivity index (χ4n) is 10.6. The number of rotatable bonds is 6. The molecule has 0 spiro atoms. The zero-order valence-corrected chi connectivity index (χ0v) is 34.4. The van der Waals surface area contributed by atoms with Crippen molar-refractivity contribution in [2.45, 2.75) is 24.7 Å². The lowest BCUT2D eigenvalue weighted by Gasteiger charge is -2.34. The molecule has 0 N–H and O–H groups in total. The predicted octanol–water partition coefficient (Wildman–Crippen LogP) is 15.9. The molecule has 0 bridgehead atoms. The molecule has 0 amide bonds. The van der Waals surface area contributed by atoms with Crippen molar-refractivity contribution in [2.24, 2.45) is 0 Å². The Labute approximate surface area is 355 Å². The summed E-state index contributed by atoms with van der Waals surface area (Å²) in [6.07, 6.45) is 0. The molecule has 284 valence electrons. The van der Waals surface area contributed by atoms with Gasteiger partial charge in [-0.3, -0.25) is 0 Å². The molecule has 0 unspecified atom stereocenters. The van der Waals surface area contributed by atoms with Crippen LogP contribution in [0.5, 0.6) is 0 Å². The van der Waals surface area contributed by atoms with Gasteiger partial charge in [-0.05, 0) is 109 Å². The van der Waals surface area contributed by atoms with Gasteiger partial charge in [0.25, 0.3) is 0 Å². The van der Waals surface area contributed by atoms with Crippen molar-refractivity contribution in [2.75, 3.05) is 4.90 Å². The first-order valence-electron chi connectivity index (χ1n) is 20.9. The monoisotopic (exact) mass is 783 g/mol. The largest absolute Gasteiger partial charge is 0.310 e. The first kappa shape index (κ1) is 35.0. The van der Waals surface area contributed by atoms with Gasteiger partial charge in [-0.1, -0.05) is 184 Å². The summed E-state index contributed by atoms with van der Waals surface area (Å²) in [7, 11) is 0. The fourth-order valence-corrected chi connectivity index (χ4v) is 11.9. The van der Waals surface area contributed by atoms with Gasteiger partial charge in [0.05, 0.1) is 5.41 Å². The summed E-state index contributed by atoms with van der Waals surface area (Å²) >= 11 is 1.89. The molecule has 0 aliphatic heterocycles. The van der Waals surface area contributed by atoms with E-state index >= 15 is 0 Å². The highest BCUT2D eigenvalue weighted by atomic mass is 32.1. The second-order valence-corrected chi connectivity index (χ2v) is 17.9.